The van der Waals surface area contributed by atoms with Crippen LogP contribution in [0.25, 0.3) is 0 Å². The number of benzene rings is 1. The summed E-state index contributed by atoms with van der Waals surface area (Å²) in [6.07, 6.45) is -0.800. The number of carboxylic acid groups (broad SMARTS) is 1. The Bertz CT molecular complexity index is 549. The first-order chi connectivity index (χ1) is 9.35. The van der Waals surface area contributed by atoms with Crippen molar-refractivity contribution >= 4 is 33.6 Å². The summed E-state index contributed by atoms with van der Waals surface area (Å²) in [5, 5.41) is 9.27. The number of halogens is 2. The third-order valence-corrected chi connectivity index (χ3v) is 2.97. The minimum Gasteiger partial charge on any atom is -0.475 e. The Hall–Kier alpha value is -1.80. The van der Waals surface area contributed by atoms with Crippen LogP contribution in [0.2, 0.25) is 0 Å². The predicted molar refractivity (Wildman–Crippen MR) is 68.9 cm³/mol. The molecule has 0 bridgehead atoms. The van der Waals surface area contributed by atoms with E-state index in [1.807, 2.05) is 0 Å². The van der Waals surface area contributed by atoms with Crippen LogP contribution in [0.15, 0.2) is 22.7 Å². The molecule has 0 aromatic heterocycles. The van der Waals surface area contributed by atoms with Gasteiger partial charge in [-0.2, -0.15) is 0 Å². The van der Waals surface area contributed by atoms with Crippen LogP contribution in [-0.2, 0) is 25.8 Å². The van der Waals surface area contributed by atoms with E-state index in [0.29, 0.717) is 5.56 Å². The van der Waals surface area contributed by atoms with Gasteiger partial charge in [0, 0.05) is 0 Å². The molecule has 0 aliphatic carbocycles. The van der Waals surface area contributed by atoms with E-state index in [2.05, 4.69) is 15.9 Å². The number of rotatable bonds is 6. The molecule has 0 saturated carbocycles. The number of carbonyl (C=O) groups excluding carboxylic acids is 2. The van der Waals surface area contributed by atoms with Gasteiger partial charge in [-0.05, 0) is 33.6 Å². The Morgan fingerprint density at radius 2 is 2.05 bits per heavy atom. The van der Waals surface area contributed by atoms with Crippen molar-refractivity contribution in [2.45, 2.75) is 13.0 Å². The second-order valence-corrected chi connectivity index (χ2v) is 4.62. The molecule has 8 heteroatoms. The molecule has 0 unspecified atom stereocenters. The number of nitrogens with zero attached hydrogens (tertiary/aromatic N) is 1. The Kier molecular flexibility index (Phi) is 5.78. The van der Waals surface area contributed by atoms with E-state index in [9.17, 15) is 18.8 Å². The molecule has 0 saturated heterocycles. The van der Waals surface area contributed by atoms with Crippen LogP contribution in [0, 0.1) is 5.82 Å². The quantitative estimate of drug-likeness (QED) is 0.479. The lowest BCUT2D eigenvalue weighted by Crippen LogP contribution is -2.32. The van der Waals surface area contributed by atoms with Gasteiger partial charge in [0.15, 0.2) is 0 Å². The van der Waals surface area contributed by atoms with Crippen LogP contribution in [0.1, 0.15) is 12.0 Å². The number of amides is 1. The number of carbonyl (C=O) groups is 3. The first kappa shape index (κ1) is 16.3. The number of Topliss-reactive ketones (excluding diaryl/α,β-unsaturated/α-hetero) is 1. The number of hydrogen-bond donors (Lipinski definition) is 1. The fourth-order valence-electron chi connectivity index (χ4n) is 1.36. The summed E-state index contributed by atoms with van der Waals surface area (Å²) in [6.45, 7) is -0.0406. The summed E-state index contributed by atoms with van der Waals surface area (Å²) in [5.74, 6) is -4.15. The Morgan fingerprint density at radius 3 is 2.55 bits per heavy atom. The molecule has 20 heavy (non-hydrogen) atoms. The monoisotopic (exact) mass is 347 g/mol. The standard InChI is InChI=1S/C12H11BrFNO5/c1-20-15(11(17)5-10(16)12(18)19)6-7-2-3-9(14)8(13)4-7/h2-4H,5-6H2,1H3,(H,18,19). The van der Waals surface area contributed by atoms with E-state index in [1.165, 1.54) is 25.3 Å². The molecule has 108 valence electrons. The van der Waals surface area contributed by atoms with Crippen molar-refractivity contribution in [1.29, 1.82) is 0 Å². The summed E-state index contributed by atoms with van der Waals surface area (Å²) in [6, 6.07) is 4.10. The van der Waals surface area contributed by atoms with Crippen molar-refractivity contribution in [3.63, 3.8) is 0 Å². The lowest BCUT2D eigenvalue weighted by atomic mass is 10.2. The van der Waals surface area contributed by atoms with Crippen LogP contribution in [0.5, 0.6) is 0 Å². The Labute approximate surface area is 122 Å². The van der Waals surface area contributed by atoms with Crippen molar-refractivity contribution < 1.29 is 28.7 Å². The van der Waals surface area contributed by atoms with E-state index >= 15 is 0 Å². The van der Waals surface area contributed by atoms with Gasteiger partial charge in [0.2, 0.25) is 5.78 Å². The summed E-state index contributed by atoms with van der Waals surface area (Å²) in [7, 11) is 1.21. The minimum absolute atomic E-state index is 0.0406. The van der Waals surface area contributed by atoms with E-state index in [-0.39, 0.29) is 11.0 Å². The van der Waals surface area contributed by atoms with Crippen molar-refractivity contribution in [2.24, 2.45) is 0 Å². The molecule has 0 fully saturated rings. The molecule has 1 rings (SSSR count). The molecule has 0 heterocycles. The number of hydrogen-bond acceptors (Lipinski definition) is 4. The second kappa shape index (κ2) is 7.11. The molecule has 1 amide bonds. The zero-order valence-corrected chi connectivity index (χ0v) is 12.0. The maximum absolute atomic E-state index is 13.1. The Morgan fingerprint density at radius 1 is 1.40 bits per heavy atom. The van der Waals surface area contributed by atoms with Crippen molar-refractivity contribution in [3.05, 3.63) is 34.1 Å². The number of carboxylic acids is 1. The van der Waals surface area contributed by atoms with Gasteiger partial charge < -0.3 is 5.11 Å². The molecular weight excluding hydrogens is 337 g/mol. The highest BCUT2D eigenvalue weighted by molar-refractivity contribution is 9.10. The van der Waals surface area contributed by atoms with Gasteiger partial charge in [0.1, 0.15) is 5.82 Å². The van der Waals surface area contributed by atoms with Crippen molar-refractivity contribution in [3.8, 4) is 0 Å². The average molecular weight is 348 g/mol. The fourth-order valence-corrected chi connectivity index (χ4v) is 1.79. The molecule has 0 aliphatic heterocycles. The zero-order chi connectivity index (χ0) is 15.3. The normalized spacial score (nSPS) is 10.2. The minimum atomic E-state index is -1.68. The van der Waals surface area contributed by atoms with Crippen LogP contribution >= 0.6 is 15.9 Å². The lowest BCUT2D eigenvalue weighted by Gasteiger charge is -2.19. The van der Waals surface area contributed by atoms with E-state index in [1.54, 1.807) is 0 Å². The molecule has 0 spiro atoms. The number of aliphatic carboxylic acids is 1. The first-order valence-electron chi connectivity index (χ1n) is 5.39. The highest BCUT2D eigenvalue weighted by Gasteiger charge is 2.22. The third-order valence-electron chi connectivity index (χ3n) is 2.36. The number of hydroxylamine groups is 2. The highest BCUT2D eigenvalue weighted by Crippen LogP contribution is 2.18. The van der Waals surface area contributed by atoms with E-state index < -0.39 is 29.9 Å². The predicted octanol–water partition coefficient (Wildman–Crippen LogP) is 1.52. The summed E-state index contributed by atoms with van der Waals surface area (Å²) in [5.41, 5.74) is 0.552. The average Bonchev–Trinajstić information content (AvgIpc) is 2.39. The van der Waals surface area contributed by atoms with E-state index in [0.717, 1.165) is 5.06 Å². The Balaban J connectivity index is 2.75. The van der Waals surface area contributed by atoms with Crippen LogP contribution in [0.3, 0.4) is 0 Å². The topological polar surface area (TPSA) is 83.9 Å². The molecule has 1 aromatic rings. The maximum Gasteiger partial charge on any atom is 0.372 e. The van der Waals surface area contributed by atoms with Gasteiger partial charge in [-0.1, -0.05) is 6.07 Å². The first-order valence-corrected chi connectivity index (χ1v) is 6.19. The fraction of sp³-hybridized carbons (Fsp3) is 0.250. The highest BCUT2D eigenvalue weighted by atomic mass is 79.9. The van der Waals surface area contributed by atoms with Crippen LogP contribution < -0.4 is 0 Å². The molecule has 0 aliphatic rings. The SMILES string of the molecule is CON(Cc1ccc(F)c(Br)c1)C(=O)CC(=O)C(=O)O. The maximum atomic E-state index is 13.1. The molecule has 1 N–H and O–H groups in total. The molecule has 0 atom stereocenters. The van der Waals surface area contributed by atoms with Crippen LogP contribution in [-0.4, -0.2) is 34.9 Å². The molecule has 0 radical (unpaired) electrons. The van der Waals surface area contributed by atoms with Gasteiger partial charge in [0.25, 0.3) is 5.91 Å². The third kappa shape index (κ3) is 4.39. The molecule has 1 aromatic carbocycles. The van der Waals surface area contributed by atoms with Gasteiger partial charge >= 0.3 is 5.97 Å². The summed E-state index contributed by atoms with van der Waals surface area (Å²) >= 11 is 3.00. The largest absolute Gasteiger partial charge is 0.475 e. The smallest absolute Gasteiger partial charge is 0.372 e. The van der Waals surface area contributed by atoms with Gasteiger partial charge in [0.05, 0.1) is 24.5 Å². The molecular formula is C12H11BrFNO5. The van der Waals surface area contributed by atoms with Crippen molar-refractivity contribution in [2.75, 3.05) is 7.11 Å². The molecule has 6 nitrogen and oxygen atoms in total. The lowest BCUT2D eigenvalue weighted by molar-refractivity contribution is -0.180. The summed E-state index contributed by atoms with van der Waals surface area (Å²) < 4.78 is 13.3. The van der Waals surface area contributed by atoms with Crippen LogP contribution in [0.4, 0.5) is 4.39 Å². The van der Waals surface area contributed by atoms with E-state index in [4.69, 9.17) is 9.94 Å². The summed E-state index contributed by atoms with van der Waals surface area (Å²) in [4.78, 5) is 37.8. The second-order valence-electron chi connectivity index (χ2n) is 3.77. The number of ketones is 1. The van der Waals surface area contributed by atoms with Gasteiger partial charge in [-0.3, -0.25) is 14.4 Å². The zero-order valence-electron chi connectivity index (χ0n) is 10.4. The van der Waals surface area contributed by atoms with Crippen molar-refractivity contribution in [1.82, 2.24) is 5.06 Å². The van der Waals surface area contributed by atoms with Gasteiger partial charge in [-0.15, -0.1) is 0 Å². The van der Waals surface area contributed by atoms with Gasteiger partial charge in [-0.25, -0.2) is 14.2 Å².